The largest absolute Gasteiger partial charge is 0.326 e. The lowest BCUT2D eigenvalue weighted by molar-refractivity contribution is 0.327. The number of nitrogens with two attached hydrogens (primary N) is 1. The molecule has 1 aromatic carbocycles. The third kappa shape index (κ3) is 2.94. The first-order chi connectivity index (χ1) is 7.15. The molecule has 82 valence electrons. The van der Waals surface area contributed by atoms with Crippen molar-refractivity contribution in [2.24, 2.45) is 5.73 Å². The van der Waals surface area contributed by atoms with Crippen LogP contribution >= 0.6 is 27.5 Å². The number of likely N-dealkylation sites (tertiary alicyclic amines) is 1. The topological polar surface area (TPSA) is 29.3 Å². The molecule has 0 aliphatic carbocycles. The maximum atomic E-state index is 5.94. The highest BCUT2D eigenvalue weighted by Gasteiger charge is 2.18. The second-order valence-electron chi connectivity index (χ2n) is 4.03. The van der Waals surface area contributed by atoms with Crippen molar-refractivity contribution in [2.45, 2.75) is 19.0 Å². The van der Waals surface area contributed by atoms with E-state index in [2.05, 4.69) is 33.0 Å². The molecule has 0 bridgehead atoms. The van der Waals surface area contributed by atoms with Crippen molar-refractivity contribution in [3.8, 4) is 0 Å². The van der Waals surface area contributed by atoms with Crippen molar-refractivity contribution < 1.29 is 0 Å². The van der Waals surface area contributed by atoms with Crippen LogP contribution in [-0.2, 0) is 6.54 Å². The van der Waals surface area contributed by atoms with Crippen LogP contribution in [0.4, 0.5) is 0 Å². The third-order valence-corrected chi connectivity index (χ3v) is 3.91. The first kappa shape index (κ1) is 11.4. The second kappa shape index (κ2) is 4.83. The first-order valence-electron chi connectivity index (χ1n) is 5.07. The van der Waals surface area contributed by atoms with E-state index in [1.165, 1.54) is 5.56 Å². The smallest absolute Gasteiger partial charge is 0.0548 e. The molecule has 0 spiro atoms. The van der Waals surface area contributed by atoms with E-state index < -0.39 is 0 Å². The molecule has 1 aliphatic heterocycles. The van der Waals surface area contributed by atoms with Crippen molar-refractivity contribution in [3.63, 3.8) is 0 Å². The van der Waals surface area contributed by atoms with Gasteiger partial charge in [0.2, 0.25) is 0 Å². The van der Waals surface area contributed by atoms with Gasteiger partial charge in [-0.25, -0.2) is 0 Å². The molecule has 4 heteroatoms. The average Bonchev–Trinajstić information content (AvgIpc) is 2.58. The summed E-state index contributed by atoms with van der Waals surface area (Å²) in [5.74, 6) is 0. The fourth-order valence-corrected chi connectivity index (χ4v) is 2.45. The van der Waals surface area contributed by atoms with Gasteiger partial charge in [0.05, 0.1) is 5.02 Å². The van der Waals surface area contributed by atoms with Crippen LogP contribution in [-0.4, -0.2) is 24.0 Å². The predicted molar refractivity (Wildman–Crippen MR) is 67.0 cm³/mol. The van der Waals surface area contributed by atoms with E-state index in [1.54, 1.807) is 0 Å². The van der Waals surface area contributed by atoms with Crippen LogP contribution in [0.3, 0.4) is 0 Å². The normalized spacial score (nSPS) is 22.2. The van der Waals surface area contributed by atoms with Crippen LogP contribution < -0.4 is 5.73 Å². The van der Waals surface area contributed by atoms with Crippen molar-refractivity contribution in [1.82, 2.24) is 4.90 Å². The highest BCUT2D eigenvalue weighted by Crippen LogP contribution is 2.24. The van der Waals surface area contributed by atoms with Gasteiger partial charge >= 0.3 is 0 Å². The van der Waals surface area contributed by atoms with Crippen molar-refractivity contribution >= 4 is 27.5 Å². The Hall–Kier alpha value is -0.0900. The molecule has 15 heavy (non-hydrogen) atoms. The summed E-state index contributed by atoms with van der Waals surface area (Å²) >= 11 is 9.37. The molecule has 0 unspecified atom stereocenters. The van der Waals surface area contributed by atoms with Crippen LogP contribution in [0.5, 0.6) is 0 Å². The Kier molecular flexibility index (Phi) is 3.67. The van der Waals surface area contributed by atoms with Crippen molar-refractivity contribution in [3.05, 3.63) is 33.3 Å². The number of benzene rings is 1. The Morgan fingerprint density at radius 3 is 2.93 bits per heavy atom. The van der Waals surface area contributed by atoms with Gasteiger partial charge in [0.25, 0.3) is 0 Å². The highest BCUT2D eigenvalue weighted by molar-refractivity contribution is 9.10. The number of hydrogen-bond acceptors (Lipinski definition) is 2. The molecule has 0 radical (unpaired) electrons. The lowest BCUT2D eigenvalue weighted by atomic mass is 10.2. The summed E-state index contributed by atoms with van der Waals surface area (Å²) in [6, 6.07) is 6.42. The van der Waals surface area contributed by atoms with Gasteiger partial charge < -0.3 is 5.73 Å². The molecule has 0 amide bonds. The summed E-state index contributed by atoms with van der Waals surface area (Å²) in [6.45, 7) is 3.06. The summed E-state index contributed by atoms with van der Waals surface area (Å²) in [7, 11) is 0. The highest BCUT2D eigenvalue weighted by atomic mass is 79.9. The first-order valence-corrected chi connectivity index (χ1v) is 6.24. The Labute approximate surface area is 104 Å². The Morgan fingerprint density at radius 2 is 2.33 bits per heavy atom. The van der Waals surface area contributed by atoms with Gasteiger partial charge in [-0.2, -0.15) is 0 Å². The van der Waals surface area contributed by atoms with Crippen LogP contribution in [0.15, 0.2) is 22.7 Å². The second-order valence-corrected chi connectivity index (χ2v) is 5.29. The molecule has 2 N–H and O–H groups in total. The van der Waals surface area contributed by atoms with E-state index in [-0.39, 0.29) is 0 Å². The van der Waals surface area contributed by atoms with E-state index >= 15 is 0 Å². The molecular weight excluding hydrogens is 275 g/mol. The summed E-state index contributed by atoms with van der Waals surface area (Å²) in [6.07, 6.45) is 1.11. The van der Waals surface area contributed by atoms with E-state index in [9.17, 15) is 0 Å². The molecule has 0 aromatic heterocycles. The molecule has 1 aliphatic rings. The van der Waals surface area contributed by atoms with Crippen molar-refractivity contribution in [1.29, 1.82) is 0 Å². The zero-order valence-corrected chi connectivity index (χ0v) is 10.8. The van der Waals surface area contributed by atoms with Gasteiger partial charge in [-0.3, -0.25) is 4.90 Å². The molecule has 1 heterocycles. The van der Waals surface area contributed by atoms with Gasteiger partial charge in [-0.05, 0) is 40.0 Å². The minimum absolute atomic E-state index is 0.348. The van der Waals surface area contributed by atoms with Crippen LogP contribution in [0.1, 0.15) is 12.0 Å². The average molecular weight is 290 g/mol. The Balaban J connectivity index is 2.02. The van der Waals surface area contributed by atoms with Gasteiger partial charge in [-0.15, -0.1) is 0 Å². The molecule has 2 nitrogen and oxygen atoms in total. The van der Waals surface area contributed by atoms with Gasteiger partial charge in [-0.1, -0.05) is 17.7 Å². The zero-order chi connectivity index (χ0) is 10.8. The molecule has 2 rings (SSSR count). The molecule has 0 saturated carbocycles. The van der Waals surface area contributed by atoms with E-state index in [0.29, 0.717) is 6.04 Å². The number of nitrogens with zero attached hydrogens (tertiary/aromatic N) is 1. The minimum atomic E-state index is 0.348. The van der Waals surface area contributed by atoms with E-state index in [0.717, 1.165) is 35.6 Å². The fraction of sp³-hybridized carbons (Fsp3) is 0.455. The van der Waals surface area contributed by atoms with Gasteiger partial charge in [0.1, 0.15) is 0 Å². The quantitative estimate of drug-likeness (QED) is 0.907. The lowest BCUT2D eigenvalue weighted by Crippen LogP contribution is -2.26. The summed E-state index contributed by atoms with van der Waals surface area (Å²) in [5, 5.41) is 0.761. The Morgan fingerprint density at radius 1 is 1.53 bits per heavy atom. The van der Waals surface area contributed by atoms with Crippen LogP contribution in [0.2, 0.25) is 5.02 Å². The lowest BCUT2D eigenvalue weighted by Gasteiger charge is -2.15. The molecule has 1 fully saturated rings. The summed E-state index contributed by atoms with van der Waals surface area (Å²) in [5.41, 5.74) is 7.14. The maximum Gasteiger partial charge on any atom is 0.0548 e. The minimum Gasteiger partial charge on any atom is -0.326 e. The summed E-state index contributed by atoms with van der Waals surface area (Å²) < 4.78 is 0.963. The summed E-state index contributed by atoms with van der Waals surface area (Å²) in [4.78, 5) is 2.38. The van der Waals surface area contributed by atoms with E-state index in [4.69, 9.17) is 17.3 Å². The number of hydrogen-bond donors (Lipinski definition) is 1. The molecule has 1 atom stereocenters. The number of rotatable bonds is 2. The van der Waals surface area contributed by atoms with Crippen LogP contribution in [0.25, 0.3) is 0 Å². The van der Waals surface area contributed by atoms with Gasteiger partial charge in [0, 0.05) is 30.1 Å². The SMILES string of the molecule is N[C@H]1CCN(Cc2ccc(Cl)c(Br)c2)C1. The molecule has 1 saturated heterocycles. The Bertz CT molecular complexity index is 356. The number of halogens is 2. The van der Waals surface area contributed by atoms with E-state index in [1.807, 2.05) is 6.07 Å². The fourth-order valence-electron chi connectivity index (χ4n) is 1.90. The molecule has 1 aromatic rings. The van der Waals surface area contributed by atoms with Crippen molar-refractivity contribution in [2.75, 3.05) is 13.1 Å². The monoisotopic (exact) mass is 288 g/mol. The van der Waals surface area contributed by atoms with Gasteiger partial charge in [0.15, 0.2) is 0 Å². The maximum absolute atomic E-state index is 5.94. The zero-order valence-electron chi connectivity index (χ0n) is 8.42. The standard InChI is InChI=1S/C11H14BrClN2/c12-10-5-8(1-2-11(10)13)6-15-4-3-9(14)7-15/h1-2,5,9H,3-4,6-7,14H2/t9-/m0/s1. The van der Waals surface area contributed by atoms with Crippen LogP contribution in [0, 0.1) is 0 Å². The predicted octanol–water partition coefficient (Wildman–Crippen LogP) is 2.64. The third-order valence-electron chi connectivity index (χ3n) is 2.70. The molecular formula is C11H14BrClN2.